The van der Waals surface area contributed by atoms with Crippen LogP contribution in [0.5, 0.6) is 0 Å². The number of hydrogen-bond acceptors (Lipinski definition) is 1. The summed E-state index contributed by atoms with van der Waals surface area (Å²) in [5.74, 6) is -0.156. The number of para-hydroxylation sites is 1. The standard InChI is InChI=1S/C12H11Cl2NO/c13-12(14)7-9(12)11(16)15-6-5-8-3-1-2-4-10(8)15/h1-4,9H,5-7H2. The predicted octanol–water partition coefficient (Wildman–Crippen LogP) is 2.77. The highest BCUT2D eigenvalue weighted by Crippen LogP contribution is 2.54. The summed E-state index contributed by atoms with van der Waals surface area (Å²) in [5, 5.41) is 0. The molecule has 1 atom stereocenters. The van der Waals surface area contributed by atoms with Crippen molar-refractivity contribution < 1.29 is 4.79 Å². The van der Waals surface area contributed by atoms with Crippen LogP contribution in [-0.4, -0.2) is 16.8 Å². The highest BCUT2D eigenvalue weighted by atomic mass is 35.5. The number of alkyl halides is 2. The molecule has 1 amide bonds. The van der Waals surface area contributed by atoms with Crippen LogP contribution in [0.2, 0.25) is 0 Å². The zero-order chi connectivity index (χ0) is 11.3. The average Bonchev–Trinajstić information content (AvgIpc) is 2.74. The van der Waals surface area contributed by atoms with Crippen molar-refractivity contribution in [1.29, 1.82) is 0 Å². The van der Waals surface area contributed by atoms with Crippen molar-refractivity contribution in [3.05, 3.63) is 29.8 Å². The lowest BCUT2D eigenvalue weighted by molar-refractivity contribution is -0.119. The van der Waals surface area contributed by atoms with Crippen molar-refractivity contribution in [2.24, 2.45) is 5.92 Å². The maximum atomic E-state index is 12.1. The molecule has 0 radical (unpaired) electrons. The maximum absolute atomic E-state index is 12.1. The fourth-order valence-corrected chi connectivity index (χ4v) is 2.73. The Morgan fingerprint density at radius 2 is 2.06 bits per heavy atom. The molecule has 0 saturated heterocycles. The molecule has 1 unspecified atom stereocenters. The Bertz CT molecular complexity index is 458. The molecule has 4 heteroatoms. The fraction of sp³-hybridized carbons (Fsp3) is 0.417. The fourth-order valence-electron chi connectivity index (χ4n) is 2.24. The zero-order valence-corrected chi connectivity index (χ0v) is 10.1. The Morgan fingerprint density at radius 1 is 1.38 bits per heavy atom. The number of rotatable bonds is 1. The first-order valence-corrected chi connectivity index (χ1v) is 6.12. The van der Waals surface area contributed by atoms with Crippen molar-refractivity contribution in [1.82, 2.24) is 0 Å². The second kappa shape index (κ2) is 3.38. The van der Waals surface area contributed by atoms with Crippen LogP contribution in [0, 0.1) is 5.92 Å². The average molecular weight is 256 g/mol. The Balaban J connectivity index is 1.86. The summed E-state index contributed by atoms with van der Waals surface area (Å²) in [7, 11) is 0. The van der Waals surface area contributed by atoms with Gasteiger partial charge in [0.1, 0.15) is 4.33 Å². The van der Waals surface area contributed by atoms with Crippen molar-refractivity contribution in [2.75, 3.05) is 11.4 Å². The largest absolute Gasteiger partial charge is 0.311 e. The summed E-state index contributed by atoms with van der Waals surface area (Å²) in [4.78, 5) is 14.0. The molecule has 3 rings (SSSR count). The SMILES string of the molecule is O=C(C1CC1(Cl)Cl)N1CCc2ccccc21. The summed E-state index contributed by atoms with van der Waals surface area (Å²) in [6.07, 6.45) is 1.50. The van der Waals surface area contributed by atoms with E-state index in [1.54, 1.807) is 0 Å². The number of hydrogen-bond donors (Lipinski definition) is 0. The monoisotopic (exact) mass is 255 g/mol. The third-order valence-electron chi connectivity index (χ3n) is 3.28. The Morgan fingerprint density at radius 3 is 2.75 bits per heavy atom. The Labute approximate surface area is 104 Å². The van der Waals surface area contributed by atoms with E-state index in [1.807, 2.05) is 23.1 Å². The van der Waals surface area contributed by atoms with Gasteiger partial charge in [-0.25, -0.2) is 0 Å². The van der Waals surface area contributed by atoms with Gasteiger partial charge in [0.2, 0.25) is 5.91 Å². The molecule has 2 aliphatic rings. The Hall–Kier alpha value is -0.730. The third kappa shape index (κ3) is 1.52. The van der Waals surface area contributed by atoms with Gasteiger partial charge in [-0.3, -0.25) is 4.79 Å². The summed E-state index contributed by atoms with van der Waals surface area (Å²) >= 11 is 11.9. The van der Waals surface area contributed by atoms with E-state index in [0.717, 1.165) is 18.7 Å². The summed E-state index contributed by atoms with van der Waals surface area (Å²) < 4.78 is -0.825. The van der Waals surface area contributed by atoms with E-state index in [9.17, 15) is 4.79 Å². The molecule has 0 aromatic heterocycles. The first kappa shape index (κ1) is 10.4. The van der Waals surface area contributed by atoms with Gasteiger partial charge in [-0.1, -0.05) is 18.2 Å². The molecule has 0 N–H and O–H groups in total. The van der Waals surface area contributed by atoms with Crippen LogP contribution < -0.4 is 4.90 Å². The molecule has 1 saturated carbocycles. The number of nitrogens with zero attached hydrogens (tertiary/aromatic N) is 1. The normalized spacial score (nSPS) is 25.4. The first-order chi connectivity index (χ1) is 7.59. The number of carbonyl (C=O) groups is 1. The number of fused-ring (bicyclic) bond motifs is 1. The van der Waals surface area contributed by atoms with Gasteiger partial charge in [-0.05, 0) is 24.5 Å². The van der Waals surface area contributed by atoms with Crippen LogP contribution in [0.4, 0.5) is 5.69 Å². The minimum Gasteiger partial charge on any atom is -0.311 e. The van der Waals surface area contributed by atoms with Crippen LogP contribution in [0.15, 0.2) is 24.3 Å². The molecule has 84 valence electrons. The van der Waals surface area contributed by atoms with Crippen LogP contribution in [-0.2, 0) is 11.2 Å². The summed E-state index contributed by atoms with van der Waals surface area (Å²) in [5.41, 5.74) is 2.25. The molecule has 1 aromatic rings. The molecule has 1 aliphatic carbocycles. The number of benzene rings is 1. The molecule has 2 nitrogen and oxygen atoms in total. The van der Waals surface area contributed by atoms with Crippen LogP contribution >= 0.6 is 23.2 Å². The second-order valence-corrected chi connectivity index (χ2v) is 5.93. The van der Waals surface area contributed by atoms with Gasteiger partial charge >= 0.3 is 0 Å². The number of anilines is 1. The number of carbonyl (C=O) groups excluding carboxylic acids is 1. The van der Waals surface area contributed by atoms with Gasteiger partial charge in [0, 0.05) is 12.2 Å². The van der Waals surface area contributed by atoms with E-state index in [2.05, 4.69) is 6.07 Å². The van der Waals surface area contributed by atoms with E-state index < -0.39 is 4.33 Å². The van der Waals surface area contributed by atoms with Crippen molar-refractivity contribution in [2.45, 2.75) is 17.2 Å². The minimum atomic E-state index is -0.825. The van der Waals surface area contributed by atoms with Gasteiger partial charge in [-0.15, -0.1) is 23.2 Å². The van der Waals surface area contributed by atoms with Gasteiger partial charge < -0.3 is 4.90 Å². The molecule has 1 aromatic carbocycles. The molecule has 1 fully saturated rings. The van der Waals surface area contributed by atoms with Gasteiger partial charge in [0.25, 0.3) is 0 Å². The van der Waals surface area contributed by atoms with Crippen LogP contribution in [0.3, 0.4) is 0 Å². The molecule has 0 spiro atoms. The van der Waals surface area contributed by atoms with Gasteiger partial charge in [-0.2, -0.15) is 0 Å². The zero-order valence-electron chi connectivity index (χ0n) is 8.62. The van der Waals surface area contributed by atoms with Gasteiger partial charge in [0.15, 0.2) is 0 Å². The van der Waals surface area contributed by atoms with E-state index in [-0.39, 0.29) is 11.8 Å². The van der Waals surface area contributed by atoms with E-state index in [4.69, 9.17) is 23.2 Å². The summed E-state index contributed by atoms with van der Waals surface area (Å²) in [6.45, 7) is 0.749. The quantitative estimate of drug-likeness (QED) is 0.707. The van der Waals surface area contributed by atoms with Crippen molar-refractivity contribution in [3.8, 4) is 0 Å². The minimum absolute atomic E-state index is 0.0648. The molecular weight excluding hydrogens is 245 g/mol. The van der Waals surface area contributed by atoms with Crippen LogP contribution in [0.1, 0.15) is 12.0 Å². The maximum Gasteiger partial charge on any atom is 0.233 e. The lowest BCUT2D eigenvalue weighted by atomic mass is 10.2. The first-order valence-electron chi connectivity index (χ1n) is 5.37. The summed E-state index contributed by atoms with van der Waals surface area (Å²) in [6, 6.07) is 7.99. The predicted molar refractivity (Wildman–Crippen MR) is 65.0 cm³/mol. The second-order valence-electron chi connectivity index (χ2n) is 4.39. The third-order valence-corrected chi connectivity index (χ3v) is 4.11. The van der Waals surface area contributed by atoms with Gasteiger partial charge in [0.05, 0.1) is 5.92 Å². The molecule has 0 bridgehead atoms. The Kier molecular flexibility index (Phi) is 2.20. The van der Waals surface area contributed by atoms with Crippen molar-refractivity contribution >= 4 is 34.8 Å². The molecule has 16 heavy (non-hydrogen) atoms. The highest BCUT2D eigenvalue weighted by Gasteiger charge is 2.57. The topological polar surface area (TPSA) is 20.3 Å². The van der Waals surface area contributed by atoms with E-state index in [1.165, 1.54) is 5.56 Å². The van der Waals surface area contributed by atoms with E-state index >= 15 is 0 Å². The molecule has 1 aliphatic heterocycles. The molecule has 1 heterocycles. The number of amides is 1. The van der Waals surface area contributed by atoms with Crippen molar-refractivity contribution in [3.63, 3.8) is 0 Å². The lowest BCUT2D eigenvalue weighted by Gasteiger charge is -2.17. The molecular formula is C12H11Cl2NO. The number of halogens is 2. The smallest absolute Gasteiger partial charge is 0.233 e. The van der Waals surface area contributed by atoms with Crippen LogP contribution in [0.25, 0.3) is 0 Å². The highest BCUT2D eigenvalue weighted by molar-refractivity contribution is 6.52. The van der Waals surface area contributed by atoms with E-state index in [0.29, 0.717) is 6.42 Å². The lowest BCUT2D eigenvalue weighted by Crippen LogP contribution is -2.31.